The molecule has 2 N–H and O–H groups in total. The van der Waals surface area contributed by atoms with E-state index >= 15 is 0 Å². The van der Waals surface area contributed by atoms with Gasteiger partial charge in [-0.25, -0.2) is 0 Å². The van der Waals surface area contributed by atoms with Crippen molar-refractivity contribution in [2.24, 2.45) is 5.41 Å². The van der Waals surface area contributed by atoms with E-state index in [4.69, 9.17) is 5.11 Å². The highest BCUT2D eigenvalue weighted by atomic mass is 32.2. The van der Waals surface area contributed by atoms with E-state index in [0.717, 1.165) is 17.7 Å². The van der Waals surface area contributed by atoms with Gasteiger partial charge < -0.3 is 10.4 Å². The lowest BCUT2D eigenvalue weighted by Gasteiger charge is -2.24. The molecule has 1 rings (SSSR count). The highest BCUT2D eigenvalue weighted by Gasteiger charge is 2.18. The zero-order valence-corrected chi connectivity index (χ0v) is 13.4. The van der Waals surface area contributed by atoms with E-state index in [1.54, 1.807) is 11.8 Å². The van der Waals surface area contributed by atoms with E-state index in [0.29, 0.717) is 12.3 Å². The Kier molecular flexibility index (Phi) is 7.10. The van der Waals surface area contributed by atoms with Crippen molar-refractivity contribution in [1.29, 1.82) is 0 Å². The zero-order valence-electron chi connectivity index (χ0n) is 12.6. The van der Waals surface area contributed by atoms with Crippen molar-refractivity contribution in [3.63, 3.8) is 0 Å². The van der Waals surface area contributed by atoms with Crippen LogP contribution < -0.4 is 5.32 Å². The van der Waals surface area contributed by atoms with Gasteiger partial charge in [-0.3, -0.25) is 4.79 Å². The van der Waals surface area contributed by atoms with Crippen molar-refractivity contribution in [3.8, 4) is 0 Å². The second kappa shape index (κ2) is 8.32. The van der Waals surface area contributed by atoms with Gasteiger partial charge >= 0.3 is 0 Å². The van der Waals surface area contributed by atoms with Crippen LogP contribution in [0.25, 0.3) is 0 Å². The maximum Gasteiger partial charge on any atom is 0.230 e. The number of carbonyl (C=O) groups is 1. The third kappa shape index (κ3) is 6.44. The molecular weight excluding hydrogens is 270 g/mol. The number of aliphatic hydroxyl groups is 1. The lowest BCUT2D eigenvalue weighted by Crippen LogP contribution is -2.35. The van der Waals surface area contributed by atoms with Crippen LogP contribution in [0.3, 0.4) is 0 Å². The number of rotatable bonds is 8. The van der Waals surface area contributed by atoms with Gasteiger partial charge in [-0.1, -0.05) is 32.0 Å². The van der Waals surface area contributed by atoms with Crippen LogP contribution in [0.1, 0.15) is 32.3 Å². The topological polar surface area (TPSA) is 49.3 Å². The van der Waals surface area contributed by atoms with Crippen LogP contribution >= 0.6 is 11.8 Å². The van der Waals surface area contributed by atoms with Crippen LogP contribution in [0.4, 0.5) is 0 Å². The van der Waals surface area contributed by atoms with Gasteiger partial charge in [0.15, 0.2) is 0 Å². The molecule has 1 amide bonds. The van der Waals surface area contributed by atoms with E-state index in [2.05, 4.69) is 32.2 Å². The first kappa shape index (κ1) is 17.1. The molecule has 1 aromatic rings. The van der Waals surface area contributed by atoms with Gasteiger partial charge in [0.2, 0.25) is 5.91 Å². The van der Waals surface area contributed by atoms with Crippen molar-refractivity contribution >= 4 is 17.7 Å². The Labute approximate surface area is 126 Å². The summed E-state index contributed by atoms with van der Waals surface area (Å²) in [6.07, 6.45) is 1.69. The summed E-state index contributed by atoms with van der Waals surface area (Å²) in [4.78, 5) is 13.0. The number of nitrogens with one attached hydrogen (secondary N) is 1. The Morgan fingerprint density at radius 2 is 2.05 bits per heavy atom. The van der Waals surface area contributed by atoms with E-state index in [1.165, 1.54) is 5.56 Å². The number of carbonyl (C=O) groups excluding carboxylic acids is 1. The Morgan fingerprint density at radius 1 is 1.35 bits per heavy atom. The number of thioether (sulfide) groups is 1. The van der Waals surface area contributed by atoms with Crippen LogP contribution in [0.2, 0.25) is 0 Å². The quantitative estimate of drug-likeness (QED) is 0.725. The highest BCUT2D eigenvalue weighted by Crippen LogP contribution is 2.22. The van der Waals surface area contributed by atoms with E-state index in [-0.39, 0.29) is 17.9 Å². The molecule has 0 aromatic heterocycles. The molecule has 0 atom stereocenters. The van der Waals surface area contributed by atoms with Crippen molar-refractivity contribution in [2.45, 2.75) is 38.5 Å². The molecule has 0 spiro atoms. The number of hydrogen-bond donors (Lipinski definition) is 2. The summed E-state index contributed by atoms with van der Waals surface area (Å²) in [6.45, 7) is 7.13. The van der Waals surface area contributed by atoms with Gasteiger partial charge in [0.05, 0.1) is 5.75 Å². The molecule has 3 nitrogen and oxygen atoms in total. The normalized spacial score (nSPS) is 11.4. The molecule has 20 heavy (non-hydrogen) atoms. The minimum atomic E-state index is 0.0335. The molecule has 0 aliphatic heterocycles. The van der Waals surface area contributed by atoms with Crippen molar-refractivity contribution in [3.05, 3.63) is 29.8 Å². The largest absolute Gasteiger partial charge is 0.396 e. The Morgan fingerprint density at radius 3 is 2.70 bits per heavy atom. The van der Waals surface area contributed by atoms with E-state index in [1.807, 2.05) is 18.2 Å². The molecule has 0 bridgehead atoms. The van der Waals surface area contributed by atoms with Crippen LogP contribution in [0, 0.1) is 12.3 Å². The molecule has 0 fully saturated rings. The average Bonchev–Trinajstić information content (AvgIpc) is 2.42. The summed E-state index contributed by atoms with van der Waals surface area (Å²) in [6, 6.07) is 8.09. The SMILES string of the molecule is Cc1ccccc1SCC(=O)NCC(C)(C)CCCO. The first-order valence-electron chi connectivity index (χ1n) is 7.00. The molecule has 1 aromatic carbocycles. The van der Waals surface area contributed by atoms with Gasteiger partial charge in [-0.05, 0) is 36.8 Å². The molecule has 0 aliphatic rings. The molecule has 0 unspecified atom stereocenters. The van der Waals surface area contributed by atoms with Gasteiger partial charge in [-0.15, -0.1) is 11.8 Å². The molecule has 4 heteroatoms. The minimum absolute atomic E-state index is 0.0335. The van der Waals surface area contributed by atoms with Crippen molar-refractivity contribution in [2.75, 3.05) is 18.9 Å². The summed E-state index contributed by atoms with van der Waals surface area (Å²) in [7, 11) is 0. The lowest BCUT2D eigenvalue weighted by molar-refractivity contribution is -0.119. The first-order chi connectivity index (χ1) is 9.44. The third-order valence-electron chi connectivity index (χ3n) is 3.23. The Hall–Kier alpha value is -1.00. The molecule has 0 saturated carbocycles. The third-order valence-corrected chi connectivity index (χ3v) is 4.40. The highest BCUT2D eigenvalue weighted by molar-refractivity contribution is 8.00. The summed E-state index contributed by atoms with van der Waals surface area (Å²) >= 11 is 1.57. The van der Waals surface area contributed by atoms with Crippen LogP contribution in [-0.4, -0.2) is 29.9 Å². The van der Waals surface area contributed by atoms with Crippen LogP contribution in [0.15, 0.2) is 29.2 Å². The molecule has 0 aliphatic carbocycles. The fourth-order valence-electron chi connectivity index (χ4n) is 1.90. The number of hydrogen-bond acceptors (Lipinski definition) is 3. The Bertz CT molecular complexity index is 432. The first-order valence-corrected chi connectivity index (χ1v) is 7.99. The molecular formula is C16H25NO2S. The van der Waals surface area contributed by atoms with Crippen molar-refractivity contribution < 1.29 is 9.90 Å². The van der Waals surface area contributed by atoms with Gasteiger partial charge in [0.25, 0.3) is 0 Å². The molecule has 112 valence electrons. The maximum absolute atomic E-state index is 11.9. The fraction of sp³-hybridized carbons (Fsp3) is 0.562. The van der Waals surface area contributed by atoms with Gasteiger partial charge in [0, 0.05) is 18.0 Å². The number of amides is 1. The zero-order chi connectivity index (χ0) is 15.0. The fourth-order valence-corrected chi connectivity index (χ4v) is 2.76. The smallest absolute Gasteiger partial charge is 0.230 e. The number of aliphatic hydroxyl groups excluding tert-OH is 1. The molecule has 0 radical (unpaired) electrons. The summed E-state index contributed by atoms with van der Waals surface area (Å²) in [5, 5.41) is 11.8. The minimum Gasteiger partial charge on any atom is -0.396 e. The van der Waals surface area contributed by atoms with E-state index < -0.39 is 0 Å². The number of benzene rings is 1. The van der Waals surface area contributed by atoms with Crippen molar-refractivity contribution in [1.82, 2.24) is 5.32 Å². The monoisotopic (exact) mass is 295 g/mol. The maximum atomic E-state index is 11.9. The van der Waals surface area contributed by atoms with Crippen LogP contribution in [0.5, 0.6) is 0 Å². The predicted octanol–water partition coefficient (Wildman–Crippen LogP) is 3.00. The van der Waals surface area contributed by atoms with E-state index in [9.17, 15) is 4.79 Å². The second-order valence-corrected chi connectivity index (χ2v) is 6.84. The number of aryl methyl sites for hydroxylation is 1. The summed E-state index contributed by atoms with van der Waals surface area (Å²) < 4.78 is 0. The molecule has 0 saturated heterocycles. The van der Waals surface area contributed by atoms with Gasteiger partial charge in [-0.2, -0.15) is 0 Å². The Balaban J connectivity index is 2.32. The summed E-state index contributed by atoms with van der Waals surface area (Å²) in [5.74, 6) is 0.510. The van der Waals surface area contributed by atoms with Gasteiger partial charge in [0.1, 0.15) is 0 Å². The van der Waals surface area contributed by atoms with Crippen LogP contribution in [-0.2, 0) is 4.79 Å². The standard InChI is InChI=1S/C16H25NO2S/c1-13-7-4-5-8-14(13)20-11-15(19)17-12-16(2,3)9-6-10-18/h4-5,7-8,18H,6,9-12H2,1-3H3,(H,17,19). The molecule has 0 heterocycles. The lowest BCUT2D eigenvalue weighted by atomic mass is 9.88. The average molecular weight is 295 g/mol. The predicted molar refractivity (Wildman–Crippen MR) is 85.0 cm³/mol. The second-order valence-electron chi connectivity index (χ2n) is 5.82. The summed E-state index contributed by atoms with van der Waals surface area (Å²) in [5.41, 5.74) is 1.24.